The Morgan fingerprint density at radius 3 is 1.83 bits per heavy atom. The van der Waals surface area contributed by atoms with Crippen LogP contribution in [-0.4, -0.2) is 82.9 Å². The Morgan fingerprint density at radius 2 is 1.29 bits per heavy atom. The van der Waals surface area contributed by atoms with E-state index < -0.39 is 11.2 Å². The summed E-state index contributed by atoms with van der Waals surface area (Å²) in [7, 11) is 1.67. The zero-order chi connectivity index (χ0) is 44.4. The third-order valence-electron chi connectivity index (χ3n) is 9.91. The van der Waals surface area contributed by atoms with Crippen LogP contribution < -0.4 is 4.74 Å². The maximum atomic E-state index is 12.2. The van der Waals surface area contributed by atoms with E-state index in [1.807, 2.05) is 82.8 Å². The van der Waals surface area contributed by atoms with Gasteiger partial charge >= 0.3 is 12.2 Å². The average Bonchev–Trinajstić information content (AvgIpc) is 4.01. The Bertz CT molecular complexity index is 2570. The van der Waals surface area contributed by atoms with Crippen molar-refractivity contribution in [3.8, 4) is 11.4 Å². The van der Waals surface area contributed by atoms with E-state index in [9.17, 15) is 9.59 Å². The number of rotatable bonds is 2. The van der Waals surface area contributed by atoms with E-state index >= 15 is 0 Å². The molecule has 0 atom stereocenters. The lowest BCUT2D eigenvalue weighted by atomic mass is 9.99. The predicted octanol–water partition coefficient (Wildman–Crippen LogP) is 11.0. The minimum absolute atomic E-state index is 0. The van der Waals surface area contributed by atoms with Crippen molar-refractivity contribution in [2.75, 3.05) is 20.2 Å². The van der Waals surface area contributed by atoms with Gasteiger partial charge < -0.3 is 33.6 Å². The summed E-state index contributed by atoms with van der Waals surface area (Å²) >= 11 is 3.46. The Hall–Kier alpha value is -5.55. The number of nitrogens with one attached hydrogen (secondary N) is 1. The molecule has 0 spiro atoms. The van der Waals surface area contributed by atoms with E-state index in [0.29, 0.717) is 19.6 Å². The fourth-order valence-corrected chi connectivity index (χ4v) is 7.35. The summed E-state index contributed by atoms with van der Waals surface area (Å²) in [5, 5.41) is 2.14. The van der Waals surface area contributed by atoms with Gasteiger partial charge in [-0.2, -0.15) is 0 Å². The largest absolute Gasteiger partial charge is 0.496 e. The van der Waals surface area contributed by atoms with Crippen molar-refractivity contribution >= 4 is 73.9 Å². The number of H-pyrrole nitrogens is 1. The normalized spacial score (nSPS) is 13.0. The molecule has 0 saturated heterocycles. The smallest absolute Gasteiger partial charge is 0.410 e. The van der Waals surface area contributed by atoms with Crippen molar-refractivity contribution in [1.82, 2.24) is 39.3 Å². The fourth-order valence-electron chi connectivity index (χ4n) is 6.94. The number of nitrogens with zero attached hydrogens (tertiary/aromatic N) is 7. The van der Waals surface area contributed by atoms with Gasteiger partial charge in [0, 0.05) is 84.3 Å². The topological polar surface area (TPSA) is 141 Å². The van der Waals surface area contributed by atoms with Gasteiger partial charge in [0.2, 0.25) is 0 Å². The van der Waals surface area contributed by atoms with E-state index in [-0.39, 0.29) is 36.2 Å². The molecule has 3 aromatic carbocycles. The van der Waals surface area contributed by atoms with E-state index in [2.05, 4.69) is 84.2 Å². The number of ether oxygens (including phenoxy) is 3. The Morgan fingerprint density at radius 1 is 0.698 bits per heavy atom. The second kappa shape index (κ2) is 21.7. The Kier molecular flexibility index (Phi) is 16.7. The zero-order valence-corrected chi connectivity index (χ0v) is 41.0. The fraction of sp³-hybridized carbons (Fsp3) is 0.333. The standard InChI is InChI=1S/C17H21N3O2.C14H18BrNO2.C14H12N2O.C3H4N2.HI/c1-17(2,3)22-16(21)19-8-6-13-4-5-15(10-14(13)11-19)20-9-7-18-12-20;1-14(2,3)18-13(17)16-7-6-10-4-5-12(15)8-11(10)9-16;1-9-5-7-15-13-10(9)3-4-11-12(17-2)6-8-16-14(11)13;1-2-5-3-4-1;/h4-5,7,9-10,12H,6,8,11H2,1-3H3;4-5,8H,6-7,9H2,1-3H3;3-8H,1-2H3;1-3H,(H,4,5);1H. The molecule has 63 heavy (non-hydrogen) atoms. The van der Waals surface area contributed by atoms with E-state index in [1.165, 1.54) is 27.8 Å². The van der Waals surface area contributed by atoms with E-state index in [0.717, 1.165) is 57.1 Å². The average molecular weight is 1030 g/mol. The SMILES string of the molecule is CC(C)(C)OC(=O)N1CCc2ccc(-n3ccnc3)cc2C1.CC(C)(C)OC(=O)N1CCc2ccc(Br)cc2C1.COc1ccnc2c1ccc1c(C)ccnc12.I.c1c[nH]cn1. The summed E-state index contributed by atoms with van der Waals surface area (Å²) in [6.45, 7) is 16.1. The van der Waals surface area contributed by atoms with Crippen LogP contribution in [0.15, 0.2) is 115 Å². The number of aromatic nitrogens is 6. The van der Waals surface area contributed by atoms with Crippen LogP contribution in [-0.2, 0) is 35.4 Å². The number of aryl methyl sites for hydroxylation is 1. The maximum Gasteiger partial charge on any atom is 0.410 e. The summed E-state index contributed by atoms with van der Waals surface area (Å²) in [6.07, 6.45) is 15.4. The molecule has 0 aliphatic carbocycles. The number of carbonyl (C=O) groups excluding carboxylic acids is 2. The molecule has 0 bridgehead atoms. The number of pyridine rings is 2. The number of carbonyl (C=O) groups is 2. The molecule has 0 unspecified atom stereocenters. The van der Waals surface area contributed by atoms with Crippen LogP contribution in [0.2, 0.25) is 0 Å². The molecular formula is C48H56BrIN8O5. The highest BCUT2D eigenvalue weighted by atomic mass is 127. The van der Waals surface area contributed by atoms with Crippen LogP contribution in [0.25, 0.3) is 27.5 Å². The Labute approximate surface area is 394 Å². The van der Waals surface area contributed by atoms with Gasteiger partial charge in [-0.3, -0.25) is 9.97 Å². The number of imidazole rings is 2. The van der Waals surface area contributed by atoms with E-state index in [4.69, 9.17) is 14.2 Å². The van der Waals surface area contributed by atoms with Gasteiger partial charge in [-0.1, -0.05) is 34.1 Å². The van der Waals surface area contributed by atoms with Crippen molar-refractivity contribution < 1.29 is 23.8 Å². The van der Waals surface area contributed by atoms with Crippen LogP contribution in [0, 0.1) is 6.92 Å². The third kappa shape index (κ3) is 13.5. The summed E-state index contributed by atoms with van der Waals surface area (Å²) in [5.41, 5.74) is 8.17. The molecule has 0 fully saturated rings. The summed E-state index contributed by atoms with van der Waals surface area (Å²) in [4.78, 5) is 47.1. The van der Waals surface area contributed by atoms with Crippen LogP contribution in [0.4, 0.5) is 9.59 Å². The van der Waals surface area contributed by atoms with Crippen molar-refractivity contribution in [1.29, 1.82) is 0 Å². The molecule has 7 aromatic rings. The zero-order valence-electron chi connectivity index (χ0n) is 37.1. The molecule has 4 aromatic heterocycles. The van der Waals surface area contributed by atoms with E-state index in [1.54, 1.807) is 54.4 Å². The molecule has 13 nitrogen and oxygen atoms in total. The van der Waals surface area contributed by atoms with Crippen LogP contribution >= 0.6 is 39.9 Å². The second-order valence-electron chi connectivity index (χ2n) is 16.9. The van der Waals surface area contributed by atoms with Crippen LogP contribution in [0.1, 0.15) is 69.4 Å². The molecule has 2 aliphatic rings. The molecule has 2 amide bonds. The highest BCUT2D eigenvalue weighted by Gasteiger charge is 2.27. The van der Waals surface area contributed by atoms with Crippen molar-refractivity contribution in [3.63, 3.8) is 0 Å². The van der Waals surface area contributed by atoms with Crippen molar-refractivity contribution in [3.05, 3.63) is 143 Å². The molecule has 9 rings (SSSR count). The highest BCUT2D eigenvalue weighted by Crippen LogP contribution is 2.30. The molecule has 0 radical (unpaired) electrons. The number of amides is 2. The highest BCUT2D eigenvalue weighted by molar-refractivity contribution is 14.0. The summed E-state index contributed by atoms with van der Waals surface area (Å²) in [5.74, 6) is 0.834. The van der Waals surface area contributed by atoms with Gasteiger partial charge in [0.05, 0.1) is 25.3 Å². The minimum Gasteiger partial charge on any atom is -0.496 e. The molecule has 332 valence electrons. The number of hydrogen-bond acceptors (Lipinski definition) is 9. The van der Waals surface area contributed by atoms with Crippen LogP contribution in [0.5, 0.6) is 5.75 Å². The number of methoxy groups -OCH3 is 1. The summed E-state index contributed by atoms with van der Waals surface area (Å²) in [6, 6.07) is 20.6. The molecular weight excluding hydrogens is 975 g/mol. The van der Waals surface area contributed by atoms with Gasteiger partial charge in [0.1, 0.15) is 22.5 Å². The number of hydrogen-bond donors (Lipinski definition) is 1. The first-order chi connectivity index (χ1) is 29.6. The first-order valence-electron chi connectivity index (χ1n) is 20.5. The van der Waals surface area contributed by atoms with Crippen molar-refractivity contribution in [2.45, 2.75) is 85.6 Å². The summed E-state index contributed by atoms with van der Waals surface area (Å²) < 4.78 is 19.2. The molecule has 1 N–H and O–H groups in total. The molecule has 0 saturated carbocycles. The lowest BCUT2D eigenvalue weighted by Crippen LogP contribution is -2.39. The molecule has 2 aliphatic heterocycles. The quantitative estimate of drug-likeness (QED) is 0.132. The number of fused-ring (bicyclic) bond motifs is 5. The number of halogens is 2. The third-order valence-corrected chi connectivity index (χ3v) is 10.4. The number of aromatic amines is 1. The van der Waals surface area contributed by atoms with Gasteiger partial charge in [0.15, 0.2) is 0 Å². The van der Waals surface area contributed by atoms with Crippen molar-refractivity contribution in [2.24, 2.45) is 0 Å². The predicted molar refractivity (Wildman–Crippen MR) is 261 cm³/mol. The second-order valence-corrected chi connectivity index (χ2v) is 17.8. The minimum atomic E-state index is -0.462. The number of benzene rings is 3. The first kappa shape index (κ1) is 48.5. The molecule has 15 heteroatoms. The lowest BCUT2D eigenvalue weighted by molar-refractivity contribution is 0.0214. The monoisotopic (exact) mass is 1030 g/mol. The van der Waals surface area contributed by atoms with Crippen LogP contribution in [0.3, 0.4) is 0 Å². The van der Waals surface area contributed by atoms with Gasteiger partial charge in [0.25, 0.3) is 0 Å². The van der Waals surface area contributed by atoms with Gasteiger partial charge in [-0.05, 0) is 132 Å². The maximum absolute atomic E-state index is 12.2. The first-order valence-corrected chi connectivity index (χ1v) is 21.3. The molecule has 6 heterocycles. The Balaban J connectivity index is 0.000000168. The van der Waals surface area contributed by atoms with Gasteiger partial charge in [-0.25, -0.2) is 19.6 Å². The van der Waals surface area contributed by atoms with Gasteiger partial charge in [-0.15, -0.1) is 24.0 Å². The lowest BCUT2D eigenvalue weighted by Gasteiger charge is -2.31.